The van der Waals surface area contributed by atoms with Gasteiger partial charge in [0.05, 0.1) is 17.0 Å². The maximum atomic E-state index is 11.6. The van der Waals surface area contributed by atoms with Gasteiger partial charge in [-0.2, -0.15) is 5.10 Å². The molecule has 5 nitrogen and oxygen atoms in total. The summed E-state index contributed by atoms with van der Waals surface area (Å²) in [5.74, 6) is 0.0852. The van der Waals surface area contributed by atoms with E-state index < -0.39 is 0 Å². The molecule has 0 saturated carbocycles. The van der Waals surface area contributed by atoms with Crippen molar-refractivity contribution in [2.24, 2.45) is 10.8 Å². The van der Waals surface area contributed by atoms with Crippen LogP contribution in [0, 0.1) is 0 Å². The third-order valence-corrected chi connectivity index (χ3v) is 2.64. The number of nitrogens with zero attached hydrogens (tertiary/aromatic N) is 2. The first-order valence-electron chi connectivity index (χ1n) is 5.67. The molecule has 1 heterocycles. The standard InChI is InChI=1S/C13H13ClN4O/c1-8(15)17-18-13(19)5-9-2-3-12-10(4-9)6-11(14)7-16-12/h2-4,6-7H,5H2,1H3,(H2,15,17)(H,18,19). The molecular formula is C13H13ClN4O. The number of pyridine rings is 1. The maximum Gasteiger partial charge on any atom is 0.244 e. The summed E-state index contributed by atoms with van der Waals surface area (Å²) in [7, 11) is 0. The minimum Gasteiger partial charge on any atom is -0.386 e. The molecule has 0 saturated heterocycles. The van der Waals surface area contributed by atoms with Gasteiger partial charge < -0.3 is 5.73 Å². The average Bonchev–Trinajstić information content (AvgIpc) is 2.36. The Labute approximate surface area is 115 Å². The predicted octanol–water partition coefficient (Wildman–Crippen LogP) is 1.84. The van der Waals surface area contributed by atoms with Crippen molar-refractivity contribution in [2.45, 2.75) is 13.3 Å². The highest BCUT2D eigenvalue weighted by atomic mass is 35.5. The fraction of sp³-hybridized carbons (Fsp3) is 0.154. The van der Waals surface area contributed by atoms with Gasteiger partial charge in [0, 0.05) is 11.6 Å². The third-order valence-electron chi connectivity index (χ3n) is 2.43. The van der Waals surface area contributed by atoms with Gasteiger partial charge in [0.1, 0.15) is 5.84 Å². The van der Waals surface area contributed by atoms with Gasteiger partial charge in [0.25, 0.3) is 0 Å². The monoisotopic (exact) mass is 276 g/mol. The quantitative estimate of drug-likeness (QED) is 0.510. The number of nitrogens with two attached hydrogens (primary N) is 1. The number of aromatic nitrogens is 1. The summed E-state index contributed by atoms with van der Waals surface area (Å²) in [4.78, 5) is 15.8. The van der Waals surface area contributed by atoms with Crippen LogP contribution < -0.4 is 11.2 Å². The average molecular weight is 277 g/mol. The predicted molar refractivity (Wildman–Crippen MR) is 75.9 cm³/mol. The molecule has 1 amide bonds. The number of hydrogen-bond donors (Lipinski definition) is 2. The van der Waals surface area contributed by atoms with E-state index in [2.05, 4.69) is 15.5 Å². The number of rotatable bonds is 3. The highest BCUT2D eigenvalue weighted by molar-refractivity contribution is 6.31. The number of carbonyl (C=O) groups is 1. The molecule has 2 aromatic rings. The summed E-state index contributed by atoms with van der Waals surface area (Å²) in [6, 6.07) is 7.40. The molecule has 0 aliphatic heterocycles. The number of benzene rings is 1. The van der Waals surface area contributed by atoms with Crippen LogP contribution in [0.15, 0.2) is 35.6 Å². The lowest BCUT2D eigenvalue weighted by Gasteiger charge is -2.03. The van der Waals surface area contributed by atoms with Crippen LogP contribution in [0.5, 0.6) is 0 Å². The number of halogens is 1. The largest absolute Gasteiger partial charge is 0.386 e. The Kier molecular flexibility index (Phi) is 3.97. The Bertz CT molecular complexity index is 650. The minimum absolute atomic E-state index is 0.221. The molecule has 0 radical (unpaired) electrons. The van der Waals surface area contributed by atoms with Crippen molar-refractivity contribution in [1.82, 2.24) is 10.4 Å². The van der Waals surface area contributed by atoms with Crippen molar-refractivity contribution in [3.63, 3.8) is 0 Å². The highest BCUT2D eigenvalue weighted by Gasteiger charge is 2.04. The van der Waals surface area contributed by atoms with E-state index in [0.29, 0.717) is 10.9 Å². The van der Waals surface area contributed by atoms with Crippen molar-refractivity contribution in [3.05, 3.63) is 41.0 Å². The van der Waals surface area contributed by atoms with Crippen molar-refractivity contribution in [1.29, 1.82) is 0 Å². The third kappa shape index (κ3) is 3.66. The van der Waals surface area contributed by atoms with Gasteiger partial charge in [0.2, 0.25) is 5.91 Å². The molecule has 2 rings (SSSR count). The molecule has 0 atom stereocenters. The van der Waals surface area contributed by atoms with Gasteiger partial charge in [-0.1, -0.05) is 17.7 Å². The number of carbonyl (C=O) groups excluding carboxylic acids is 1. The Morgan fingerprint density at radius 3 is 3.00 bits per heavy atom. The second-order valence-corrected chi connectivity index (χ2v) is 4.58. The number of amidine groups is 1. The van der Waals surface area contributed by atoms with Crippen LogP contribution in [0.1, 0.15) is 12.5 Å². The van der Waals surface area contributed by atoms with Crippen LogP contribution in [0.25, 0.3) is 10.9 Å². The molecule has 0 aliphatic carbocycles. The minimum atomic E-state index is -0.223. The van der Waals surface area contributed by atoms with Gasteiger partial charge >= 0.3 is 0 Å². The molecule has 98 valence electrons. The Morgan fingerprint density at radius 2 is 2.26 bits per heavy atom. The van der Waals surface area contributed by atoms with E-state index in [1.54, 1.807) is 13.1 Å². The highest BCUT2D eigenvalue weighted by Crippen LogP contribution is 2.18. The second-order valence-electron chi connectivity index (χ2n) is 4.15. The summed E-state index contributed by atoms with van der Waals surface area (Å²) in [5, 5.41) is 5.12. The van der Waals surface area contributed by atoms with Crippen LogP contribution in [0.3, 0.4) is 0 Å². The molecule has 6 heteroatoms. The summed E-state index contributed by atoms with van der Waals surface area (Å²) >= 11 is 5.89. The van der Waals surface area contributed by atoms with Crippen molar-refractivity contribution in [2.75, 3.05) is 0 Å². The molecule has 19 heavy (non-hydrogen) atoms. The molecule has 0 fully saturated rings. The van der Waals surface area contributed by atoms with E-state index in [-0.39, 0.29) is 12.3 Å². The van der Waals surface area contributed by atoms with Crippen LogP contribution in [0.2, 0.25) is 5.02 Å². The van der Waals surface area contributed by atoms with Crippen molar-refractivity contribution in [3.8, 4) is 0 Å². The van der Waals surface area contributed by atoms with Crippen LogP contribution in [0.4, 0.5) is 0 Å². The number of nitrogens with one attached hydrogen (secondary N) is 1. The normalized spacial score (nSPS) is 11.6. The lowest BCUT2D eigenvalue weighted by atomic mass is 10.1. The molecule has 1 aromatic heterocycles. The van der Waals surface area contributed by atoms with Crippen molar-refractivity contribution >= 4 is 34.2 Å². The van der Waals surface area contributed by atoms with Crippen LogP contribution in [-0.2, 0) is 11.2 Å². The van der Waals surface area contributed by atoms with E-state index in [0.717, 1.165) is 16.5 Å². The number of fused-ring (bicyclic) bond motifs is 1. The fourth-order valence-electron chi connectivity index (χ4n) is 1.64. The molecule has 1 aromatic carbocycles. The summed E-state index contributed by atoms with van der Waals surface area (Å²) < 4.78 is 0. The Hall–Kier alpha value is -2.14. The molecule has 0 spiro atoms. The lowest BCUT2D eigenvalue weighted by Crippen LogP contribution is -2.23. The molecule has 0 bridgehead atoms. The zero-order valence-electron chi connectivity index (χ0n) is 10.4. The number of hydrazone groups is 1. The first kappa shape index (κ1) is 13.3. The zero-order chi connectivity index (χ0) is 13.8. The van der Waals surface area contributed by atoms with E-state index in [1.807, 2.05) is 24.3 Å². The first-order valence-corrected chi connectivity index (χ1v) is 6.05. The smallest absolute Gasteiger partial charge is 0.244 e. The SMILES string of the molecule is C/C(N)=N/NC(=O)Cc1ccc2ncc(Cl)cc2c1. The molecule has 0 aliphatic rings. The second kappa shape index (κ2) is 5.67. The summed E-state index contributed by atoms with van der Waals surface area (Å²) in [5.41, 5.74) is 9.41. The van der Waals surface area contributed by atoms with Crippen molar-refractivity contribution < 1.29 is 4.79 Å². The maximum absolute atomic E-state index is 11.6. The van der Waals surface area contributed by atoms with Gasteiger partial charge in [-0.25, -0.2) is 5.43 Å². The van der Waals surface area contributed by atoms with E-state index in [9.17, 15) is 4.79 Å². The van der Waals surface area contributed by atoms with E-state index in [1.165, 1.54) is 0 Å². The van der Waals surface area contributed by atoms with E-state index >= 15 is 0 Å². The Balaban J connectivity index is 2.17. The topological polar surface area (TPSA) is 80.4 Å². The number of amides is 1. The van der Waals surface area contributed by atoms with Gasteiger partial charge in [-0.3, -0.25) is 9.78 Å². The molecule has 0 unspecified atom stereocenters. The van der Waals surface area contributed by atoms with Crippen LogP contribution >= 0.6 is 11.6 Å². The fourth-order valence-corrected chi connectivity index (χ4v) is 1.81. The zero-order valence-corrected chi connectivity index (χ0v) is 11.1. The summed E-state index contributed by atoms with van der Waals surface area (Å²) in [6.45, 7) is 1.60. The first-order chi connectivity index (χ1) is 9.04. The summed E-state index contributed by atoms with van der Waals surface area (Å²) in [6.07, 6.45) is 1.81. The van der Waals surface area contributed by atoms with Gasteiger partial charge in [-0.05, 0) is 30.7 Å². The number of hydrogen-bond acceptors (Lipinski definition) is 3. The lowest BCUT2D eigenvalue weighted by molar-refractivity contribution is -0.120. The Morgan fingerprint density at radius 1 is 1.47 bits per heavy atom. The van der Waals surface area contributed by atoms with Gasteiger partial charge in [-0.15, -0.1) is 0 Å². The van der Waals surface area contributed by atoms with Gasteiger partial charge in [0.15, 0.2) is 0 Å². The molecule has 3 N–H and O–H groups in total. The molecular weight excluding hydrogens is 264 g/mol. The van der Waals surface area contributed by atoms with E-state index in [4.69, 9.17) is 17.3 Å². The van der Waals surface area contributed by atoms with Crippen LogP contribution in [-0.4, -0.2) is 16.7 Å².